The van der Waals surface area contributed by atoms with Crippen LogP contribution in [0.1, 0.15) is 25.0 Å². The van der Waals surface area contributed by atoms with Crippen molar-refractivity contribution in [2.75, 3.05) is 25.9 Å². The minimum absolute atomic E-state index is 0.120. The molecular weight excluding hydrogens is 318 g/mol. The lowest BCUT2D eigenvalue weighted by Crippen LogP contribution is -2.46. The first kappa shape index (κ1) is 17.5. The number of rotatable bonds is 6. The minimum atomic E-state index is -3.29. The highest BCUT2D eigenvalue weighted by Crippen LogP contribution is 2.22. The lowest BCUT2D eigenvalue weighted by Gasteiger charge is -2.33. The number of piperidine rings is 1. The molecule has 0 N–H and O–H groups in total. The normalized spacial score (nSPS) is 19.2. The Kier molecular flexibility index (Phi) is 5.80. The zero-order valence-electron chi connectivity index (χ0n) is 13.1. The second-order valence-electron chi connectivity index (χ2n) is 5.71. The van der Waals surface area contributed by atoms with Crippen LogP contribution in [0.5, 0.6) is 0 Å². The summed E-state index contributed by atoms with van der Waals surface area (Å²) in [4.78, 5) is 14.3. The van der Waals surface area contributed by atoms with E-state index < -0.39 is 10.0 Å². The number of amides is 1. The molecule has 0 aliphatic carbocycles. The third-order valence-corrected chi connectivity index (χ3v) is 5.20. The van der Waals surface area contributed by atoms with Crippen molar-refractivity contribution in [1.82, 2.24) is 9.21 Å². The van der Waals surface area contributed by atoms with Gasteiger partial charge in [-0.05, 0) is 25.0 Å². The summed E-state index contributed by atoms with van der Waals surface area (Å²) in [5, 5.41) is 8.78. The maximum Gasteiger partial charge on any atom is 0.227 e. The van der Waals surface area contributed by atoms with Crippen LogP contribution >= 0.6 is 0 Å². The van der Waals surface area contributed by atoms with Crippen molar-refractivity contribution >= 4 is 15.9 Å². The van der Waals surface area contributed by atoms with Crippen molar-refractivity contribution < 1.29 is 17.6 Å². The van der Waals surface area contributed by atoms with Crippen molar-refractivity contribution in [2.45, 2.75) is 25.8 Å². The van der Waals surface area contributed by atoms with Gasteiger partial charge in [-0.15, -0.1) is 0 Å². The monoisotopic (exact) mass is 339 g/mol. The molecule has 1 fully saturated rings. The molecular formula is C15H21N3O4S. The Labute approximate surface area is 136 Å². The summed E-state index contributed by atoms with van der Waals surface area (Å²) in [6, 6.07) is 5.56. The fraction of sp³-hybridized carbons (Fsp3) is 0.600. The van der Waals surface area contributed by atoms with Crippen LogP contribution in [0.4, 0.5) is 0 Å². The Morgan fingerprint density at radius 3 is 2.96 bits per heavy atom. The zero-order valence-corrected chi connectivity index (χ0v) is 14.0. The summed E-state index contributed by atoms with van der Waals surface area (Å²) in [5.41, 5.74) is 0. The van der Waals surface area contributed by atoms with Crippen LogP contribution < -0.4 is 0 Å². The summed E-state index contributed by atoms with van der Waals surface area (Å²) in [6.45, 7) is 1.27. The molecule has 1 aliphatic rings. The molecule has 1 aromatic heterocycles. The standard InChI is InChI=1S/C15H21N3O4S/c1-23(20,21)18-9-2-5-13(11-18)15(19)17(8-4-7-16)12-14-6-3-10-22-14/h3,6,10,13H,2,4-5,8-9,11-12H2,1H3/t13-/m1/s1. The first-order valence-corrected chi connectivity index (χ1v) is 9.40. The van der Waals surface area contributed by atoms with Gasteiger partial charge in [-0.1, -0.05) is 0 Å². The lowest BCUT2D eigenvalue weighted by molar-refractivity contribution is -0.137. The van der Waals surface area contributed by atoms with Crippen molar-refractivity contribution in [1.29, 1.82) is 5.26 Å². The summed E-state index contributed by atoms with van der Waals surface area (Å²) in [6.07, 6.45) is 4.25. The topological polar surface area (TPSA) is 94.6 Å². The molecule has 0 aromatic carbocycles. The highest BCUT2D eigenvalue weighted by atomic mass is 32.2. The van der Waals surface area contributed by atoms with E-state index in [0.29, 0.717) is 38.2 Å². The van der Waals surface area contributed by atoms with Gasteiger partial charge in [0.15, 0.2) is 0 Å². The van der Waals surface area contributed by atoms with Crippen LogP contribution in [0, 0.1) is 17.2 Å². The predicted molar refractivity (Wildman–Crippen MR) is 83.5 cm³/mol. The minimum Gasteiger partial charge on any atom is -0.467 e. The van der Waals surface area contributed by atoms with Crippen LogP contribution in [-0.4, -0.2) is 49.4 Å². The molecule has 1 atom stereocenters. The van der Waals surface area contributed by atoms with Crippen LogP contribution in [0.25, 0.3) is 0 Å². The Balaban J connectivity index is 2.08. The third kappa shape index (κ3) is 4.81. The Morgan fingerprint density at radius 1 is 1.57 bits per heavy atom. The third-order valence-electron chi connectivity index (χ3n) is 3.93. The van der Waals surface area contributed by atoms with Gasteiger partial charge < -0.3 is 9.32 Å². The van der Waals surface area contributed by atoms with E-state index in [0.717, 1.165) is 6.26 Å². The number of carbonyl (C=O) groups is 1. The van der Waals surface area contributed by atoms with Gasteiger partial charge in [0.25, 0.3) is 0 Å². The second kappa shape index (κ2) is 7.62. The van der Waals surface area contributed by atoms with Gasteiger partial charge in [-0.2, -0.15) is 5.26 Å². The molecule has 1 amide bonds. The molecule has 0 radical (unpaired) electrons. The maximum atomic E-state index is 12.8. The van der Waals surface area contributed by atoms with Crippen LogP contribution in [0.3, 0.4) is 0 Å². The fourth-order valence-electron chi connectivity index (χ4n) is 2.75. The van der Waals surface area contributed by atoms with E-state index in [4.69, 9.17) is 9.68 Å². The number of carbonyl (C=O) groups excluding carboxylic acids is 1. The van der Waals surface area contributed by atoms with Crippen molar-refractivity contribution in [2.24, 2.45) is 5.92 Å². The number of nitriles is 1. The highest BCUT2D eigenvalue weighted by Gasteiger charge is 2.32. The molecule has 0 bridgehead atoms. The van der Waals surface area contributed by atoms with Crippen molar-refractivity contribution in [3.63, 3.8) is 0 Å². The Morgan fingerprint density at radius 2 is 2.35 bits per heavy atom. The predicted octanol–water partition coefficient (Wildman–Crippen LogP) is 1.19. The quantitative estimate of drug-likeness (QED) is 0.776. The lowest BCUT2D eigenvalue weighted by atomic mass is 9.98. The summed E-state index contributed by atoms with van der Waals surface area (Å²) in [5.74, 6) is 0.157. The molecule has 8 heteroatoms. The van der Waals surface area contributed by atoms with E-state index in [-0.39, 0.29) is 24.8 Å². The molecule has 1 saturated heterocycles. The summed E-state index contributed by atoms with van der Waals surface area (Å²) < 4.78 is 30.0. The molecule has 0 spiro atoms. The largest absolute Gasteiger partial charge is 0.467 e. The van der Waals surface area contributed by atoms with E-state index in [9.17, 15) is 13.2 Å². The Hall–Kier alpha value is -1.85. The first-order valence-electron chi connectivity index (χ1n) is 7.55. The summed E-state index contributed by atoms with van der Waals surface area (Å²) in [7, 11) is -3.29. The van der Waals surface area contributed by atoms with Crippen LogP contribution in [0.2, 0.25) is 0 Å². The SMILES string of the molecule is CS(=O)(=O)N1CCC[C@@H](C(=O)N(CCC#N)Cc2ccco2)C1. The molecule has 23 heavy (non-hydrogen) atoms. The fourth-order valence-corrected chi connectivity index (χ4v) is 3.66. The number of sulfonamides is 1. The number of nitrogens with zero attached hydrogens (tertiary/aromatic N) is 3. The van der Waals surface area contributed by atoms with Crippen molar-refractivity contribution in [3.8, 4) is 6.07 Å². The van der Waals surface area contributed by atoms with Crippen LogP contribution in [0.15, 0.2) is 22.8 Å². The molecule has 0 unspecified atom stereocenters. The van der Waals surface area contributed by atoms with Gasteiger partial charge in [0, 0.05) is 19.6 Å². The van der Waals surface area contributed by atoms with Gasteiger partial charge in [0.2, 0.25) is 15.9 Å². The molecule has 7 nitrogen and oxygen atoms in total. The maximum absolute atomic E-state index is 12.8. The van der Waals surface area contributed by atoms with Gasteiger partial charge >= 0.3 is 0 Å². The zero-order chi connectivity index (χ0) is 16.9. The highest BCUT2D eigenvalue weighted by molar-refractivity contribution is 7.88. The molecule has 2 heterocycles. The van der Waals surface area contributed by atoms with Gasteiger partial charge in [0.05, 0.1) is 37.5 Å². The van der Waals surface area contributed by atoms with E-state index in [1.54, 1.807) is 17.0 Å². The first-order chi connectivity index (χ1) is 10.9. The van der Waals surface area contributed by atoms with E-state index in [2.05, 4.69) is 0 Å². The second-order valence-corrected chi connectivity index (χ2v) is 7.69. The number of hydrogen-bond acceptors (Lipinski definition) is 5. The number of furan rings is 1. The smallest absolute Gasteiger partial charge is 0.227 e. The number of hydrogen-bond donors (Lipinski definition) is 0. The molecule has 1 aliphatic heterocycles. The van der Waals surface area contributed by atoms with E-state index in [1.807, 2.05) is 6.07 Å². The van der Waals surface area contributed by atoms with Gasteiger partial charge in [-0.3, -0.25) is 4.79 Å². The van der Waals surface area contributed by atoms with E-state index in [1.165, 1.54) is 10.6 Å². The average molecular weight is 339 g/mol. The van der Waals surface area contributed by atoms with E-state index >= 15 is 0 Å². The van der Waals surface area contributed by atoms with Crippen LogP contribution in [-0.2, 0) is 21.4 Å². The molecule has 0 saturated carbocycles. The summed E-state index contributed by atoms with van der Waals surface area (Å²) >= 11 is 0. The average Bonchev–Trinajstić information content (AvgIpc) is 3.03. The molecule has 1 aromatic rings. The van der Waals surface area contributed by atoms with Gasteiger partial charge in [0.1, 0.15) is 5.76 Å². The molecule has 126 valence electrons. The Bertz CT molecular complexity index is 663. The van der Waals surface area contributed by atoms with Gasteiger partial charge in [-0.25, -0.2) is 12.7 Å². The van der Waals surface area contributed by atoms with Crippen molar-refractivity contribution in [3.05, 3.63) is 24.2 Å². The molecule has 2 rings (SSSR count).